The van der Waals surface area contributed by atoms with Crippen molar-refractivity contribution in [1.29, 1.82) is 0 Å². The van der Waals surface area contributed by atoms with Crippen molar-refractivity contribution in [2.75, 3.05) is 102 Å². The second-order valence-electron chi connectivity index (χ2n) is 18.2. The molecule has 4 saturated heterocycles. The number of thiophene rings is 2. The van der Waals surface area contributed by atoms with E-state index in [1.54, 1.807) is 24.0 Å². The SMILES string of the molecule is CC(C)NC(=O)c1sc2ncnc(N3CCC(COCCN4CCCC4)CC3)c2c1C(C)C.c1ccc(-c2csc3ncnc(N4CC[C@H](COCCN5CCCC5)C4)c23)cc1. The number of anilines is 2. The highest BCUT2D eigenvalue weighted by molar-refractivity contribution is 7.20. The second kappa shape index (κ2) is 21.7. The van der Waals surface area contributed by atoms with Crippen LogP contribution in [-0.4, -0.2) is 134 Å². The summed E-state index contributed by atoms with van der Waals surface area (Å²) in [5, 5.41) is 7.53. The largest absolute Gasteiger partial charge is 0.380 e. The summed E-state index contributed by atoms with van der Waals surface area (Å²) in [7, 11) is 0. The van der Waals surface area contributed by atoms with Crippen molar-refractivity contribution in [3.05, 3.63) is 58.8 Å². The number of nitrogens with one attached hydrogen (secondary N) is 1. The molecular formula is C48H67N9O3S2. The quantitative estimate of drug-likeness (QED) is 0.0963. The first-order valence-corrected chi connectivity index (χ1v) is 25.0. The molecule has 0 radical (unpaired) electrons. The van der Waals surface area contributed by atoms with Crippen LogP contribution in [0.2, 0.25) is 0 Å². The molecule has 12 nitrogen and oxygen atoms in total. The predicted molar refractivity (Wildman–Crippen MR) is 255 cm³/mol. The van der Waals surface area contributed by atoms with E-state index in [-0.39, 0.29) is 17.9 Å². The highest BCUT2D eigenvalue weighted by atomic mass is 32.1. The van der Waals surface area contributed by atoms with Gasteiger partial charge in [0.1, 0.15) is 34.0 Å². The fourth-order valence-corrected chi connectivity index (χ4v) is 11.6. The third-order valence-electron chi connectivity index (χ3n) is 12.9. The molecule has 62 heavy (non-hydrogen) atoms. The number of benzene rings is 1. The molecule has 4 aliphatic rings. The van der Waals surface area contributed by atoms with E-state index in [0.29, 0.717) is 11.8 Å². The molecule has 0 spiro atoms. The Labute approximate surface area is 376 Å². The van der Waals surface area contributed by atoms with Crippen LogP contribution < -0.4 is 15.1 Å². The van der Waals surface area contributed by atoms with E-state index in [9.17, 15) is 4.79 Å². The highest BCUT2D eigenvalue weighted by Crippen LogP contribution is 2.41. The van der Waals surface area contributed by atoms with E-state index in [0.717, 1.165) is 116 Å². The fraction of sp³-hybridized carbons (Fsp3) is 0.604. The molecule has 5 aromatic rings. The van der Waals surface area contributed by atoms with Crippen molar-refractivity contribution >= 4 is 60.6 Å². The van der Waals surface area contributed by atoms with Gasteiger partial charge in [0, 0.05) is 68.8 Å². The number of amides is 1. The van der Waals surface area contributed by atoms with Crippen molar-refractivity contribution in [2.24, 2.45) is 11.8 Å². The van der Waals surface area contributed by atoms with Gasteiger partial charge in [0.05, 0.1) is 35.5 Å². The van der Waals surface area contributed by atoms with Gasteiger partial charge in [-0.1, -0.05) is 44.2 Å². The van der Waals surface area contributed by atoms with Crippen LogP contribution in [0.15, 0.2) is 48.4 Å². The number of fused-ring (bicyclic) bond motifs is 2. The van der Waals surface area contributed by atoms with Gasteiger partial charge in [-0.25, -0.2) is 19.9 Å². The minimum Gasteiger partial charge on any atom is -0.380 e. The Kier molecular flexibility index (Phi) is 15.7. The summed E-state index contributed by atoms with van der Waals surface area (Å²) in [5.41, 5.74) is 3.55. The minimum absolute atomic E-state index is 0.00700. The van der Waals surface area contributed by atoms with E-state index < -0.39 is 0 Å². The molecule has 9 rings (SSSR count). The summed E-state index contributed by atoms with van der Waals surface area (Å²) >= 11 is 3.20. The van der Waals surface area contributed by atoms with Gasteiger partial charge in [-0.15, -0.1) is 22.7 Å². The van der Waals surface area contributed by atoms with Gasteiger partial charge in [-0.2, -0.15) is 0 Å². The van der Waals surface area contributed by atoms with Crippen molar-refractivity contribution in [2.45, 2.75) is 84.6 Å². The van der Waals surface area contributed by atoms with Gasteiger partial charge in [-0.05, 0) is 108 Å². The Hall–Kier alpha value is -3.79. The molecule has 1 aromatic carbocycles. The molecule has 1 atom stereocenters. The van der Waals surface area contributed by atoms with Gasteiger partial charge >= 0.3 is 0 Å². The topological polar surface area (TPSA) is 112 Å². The van der Waals surface area contributed by atoms with Gasteiger partial charge in [0.25, 0.3) is 5.91 Å². The van der Waals surface area contributed by atoms with E-state index >= 15 is 0 Å². The zero-order valence-corrected chi connectivity index (χ0v) is 39.0. The fourth-order valence-electron chi connectivity index (χ4n) is 9.53. The minimum atomic E-state index is -0.00700. The number of ether oxygens (including phenoxy) is 2. The van der Waals surface area contributed by atoms with Crippen LogP contribution in [0.4, 0.5) is 11.6 Å². The number of aromatic nitrogens is 4. The Morgan fingerprint density at radius 1 is 0.726 bits per heavy atom. The second-order valence-corrected chi connectivity index (χ2v) is 20.0. The van der Waals surface area contributed by atoms with Crippen LogP contribution in [0.3, 0.4) is 0 Å². The Bertz CT molecular complexity index is 2180. The standard InChI is InChI=1S/C25H39N5O2S.C23H28N4OS/c1-17(2)20-21-23(26-16-27-25(21)33-22(20)24(31)28-18(3)4)30-11-7-19(8-12-30)15-32-14-13-29-9-5-6-10-29;1-2-6-19(7-3-1)20-16-29-23-21(20)22(24-17-25-23)27-11-8-18(14-27)15-28-13-12-26-9-4-5-10-26/h16-19H,5-15H2,1-4H3,(H,28,31);1-3,6-7,16-18H,4-5,8-15H2/t;18-/m.0/s1. The summed E-state index contributed by atoms with van der Waals surface area (Å²) in [5.74, 6) is 3.46. The molecule has 0 saturated carbocycles. The van der Waals surface area contributed by atoms with E-state index in [2.05, 4.69) is 84.4 Å². The lowest BCUT2D eigenvalue weighted by Crippen LogP contribution is -2.36. The average molecular weight is 882 g/mol. The van der Waals surface area contributed by atoms with E-state index in [1.165, 1.54) is 86.1 Å². The Morgan fingerprint density at radius 3 is 1.94 bits per heavy atom. The first kappa shape index (κ1) is 44.8. The zero-order chi connectivity index (χ0) is 42.8. The van der Waals surface area contributed by atoms with Crippen LogP contribution in [0.5, 0.6) is 0 Å². The molecule has 1 amide bonds. The number of likely N-dealkylation sites (tertiary alicyclic amines) is 2. The molecule has 4 aromatic heterocycles. The van der Waals surface area contributed by atoms with Gasteiger partial charge in [0.15, 0.2) is 0 Å². The van der Waals surface area contributed by atoms with Crippen LogP contribution >= 0.6 is 22.7 Å². The van der Waals surface area contributed by atoms with Gasteiger partial charge in [0.2, 0.25) is 0 Å². The van der Waals surface area contributed by atoms with Crippen LogP contribution in [0.25, 0.3) is 31.6 Å². The number of hydrogen-bond donors (Lipinski definition) is 1. The maximum absolute atomic E-state index is 12.9. The van der Waals surface area contributed by atoms with Crippen LogP contribution in [0.1, 0.15) is 93.8 Å². The third-order valence-corrected chi connectivity index (χ3v) is 14.8. The molecule has 8 heterocycles. The van der Waals surface area contributed by atoms with Crippen LogP contribution in [-0.2, 0) is 9.47 Å². The summed E-state index contributed by atoms with van der Waals surface area (Å²) in [4.78, 5) is 44.0. The summed E-state index contributed by atoms with van der Waals surface area (Å²) < 4.78 is 12.1. The maximum atomic E-state index is 12.9. The first-order chi connectivity index (χ1) is 30.3. The summed E-state index contributed by atoms with van der Waals surface area (Å²) in [6, 6.07) is 10.7. The number of nitrogens with zero attached hydrogens (tertiary/aromatic N) is 8. The average Bonchev–Trinajstić information content (AvgIpc) is 4.14. The van der Waals surface area contributed by atoms with Gasteiger partial charge < -0.3 is 34.4 Å². The van der Waals surface area contributed by atoms with Crippen molar-refractivity contribution in [3.63, 3.8) is 0 Å². The molecule has 0 unspecified atom stereocenters. The maximum Gasteiger partial charge on any atom is 0.261 e. The number of piperidine rings is 1. The van der Waals surface area contributed by atoms with E-state index in [1.807, 2.05) is 13.8 Å². The molecule has 1 N–H and O–H groups in total. The Morgan fingerprint density at radius 2 is 1.31 bits per heavy atom. The highest BCUT2D eigenvalue weighted by Gasteiger charge is 2.29. The molecule has 0 aliphatic carbocycles. The number of carbonyl (C=O) groups is 1. The number of rotatable bonds is 16. The molecule has 4 fully saturated rings. The lowest BCUT2D eigenvalue weighted by molar-refractivity contribution is 0.0753. The molecule has 14 heteroatoms. The van der Waals surface area contributed by atoms with Crippen molar-refractivity contribution < 1.29 is 14.3 Å². The third kappa shape index (κ3) is 11.1. The lowest BCUT2D eigenvalue weighted by Gasteiger charge is -2.33. The predicted octanol–water partition coefficient (Wildman–Crippen LogP) is 8.58. The molecular weight excluding hydrogens is 815 g/mol. The van der Waals surface area contributed by atoms with Crippen molar-refractivity contribution in [1.82, 2.24) is 35.1 Å². The van der Waals surface area contributed by atoms with Crippen LogP contribution in [0, 0.1) is 11.8 Å². The summed E-state index contributed by atoms with van der Waals surface area (Å²) in [6.45, 7) is 22.8. The number of hydrogen-bond acceptors (Lipinski definition) is 13. The molecule has 4 aliphatic heterocycles. The smallest absolute Gasteiger partial charge is 0.261 e. The lowest BCUT2D eigenvalue weighted by atomic mass is 9.96. The Balaban J connectivity index is 0.000000172. The summed E-state index contributed by atoms with van der Waals surface area (Å²) in [6.07, 6.45) is 12.1. The first-order valence-electron chi connectivity index (χ1n) is 23.3. The number of carbonyl (C=O) groups excluding carboxylic acids is 1. The molecule has 0 bridgehead atoms. The normalized spacial score (nSPS) is 19.1. The van der Waals surface area contributed by atoms with E-state index in [4.69, 9.17) is 19.4 Å². The zero-order valence-electron chi connectivity index (χ0n) is 37.4. The molecule has 334 valence electrons. The van der Waals surface area contributed by atoms with Gasteiger partial charge in [-0.3, -0.25) is 4.79 Å². The monoisotopic (exact) mass is 881 g/mol. The van der Waals surface area contributed by atoms with Crippen molar-refractivity contribution in [3.8, 4) is 11.1 Å².